The van der Waals surface area contributed by atoms with E-state index in [1.807, 2.05) is 0 Å². The number of anilines is 1. The summed E-state index contributed by atoms with van der Waals surface area (Å²) in [5.74, 6) is 0.323. The molecule has 0 spiro atoms. The van der Waals surface area contributed by atoms with Gasteiger partial charge in [-0.1, -0.05) is 47.6 Å². The number of rotatable bonds is 6. The molecule has 12 heteroatoms. The number of nitrogens with zero attached hydrogens (tertiary/aromatic N) is 4. The molecule has 1 fully saturated rings. The van der Waals surface area contributed by atoms with E-state index in [0.717, 1.165) is 30.7 Å². The highest BCUT2D eigenvalue weighted by Gasteiger charge is 2.22. The maximum atomic E-state index is 12.5. The Morgan fingerprint density at radius 3 is 2.42 bits per heavy atom. The number of hydrogen-bond acceptors (Lipinski definition) is 6. The summed E-state index contributed by atoms with van der Waals surface area (Å²) in [5.41, 5.74) is -0.749. The van der Waals surface area contributed by atoms with Crippen LogP contribution >= 0.6 is 34.8 Å². The fourth-order valence-electron chi connectivity index (χ4n) is 3.44. The van der Waals surface area contributed by atoms with Crippen molar-refractivity contribution >= 4 is 58.5 Å². The summed E-state index contributed by atoms with van der Waals surface area (Å²) in [6.45, 7) is 0. The average molecular weight is 511 g/mol. The SMILES string of the molecule is CNC(=O)N(/N=C(/C#N)C=O)c1cc(Cl)c(Oc2cc(Cl)c(=O)n(C3CCCC3)c2)c(Cl)c1. The molecule has 33 heavy (non-hydrogen) atoms. The molecule has 1 aliphatic carbocycles. The number of amides is 2. The predicted molar refractivity (Wildman–Crippen MR) is 126 cm³/mol. The lowest BCUT2D eigenvalue weighted by Crippen LogP contribution is -2.35. The Morgan fingerprint density at radius 1 is 1.24 bits per heavy atom. The Kier molecular flexibility index (Phi) is 7.97. The Morgan fingerprint density at radius 2 is 1.88 bits per heavy atom. The van der Waals surface area contributed by atoms with Gasteiger partial charge in [0.15, 0.2) is 12.0 Å². The van der Waals surface area contributed by atoms with Crippen LogP contribution in [0.15, 0.2) is 34.3 Å². The number of halogens is 3. The van der Waals surface area contributed by atoms with E-state index in [-0.39, 0.29) is 50.1 Å². The minimum absolute atomic E-state index is 0.00119. The third kappa shape index (κ3) is 5.47. The molecule has 2 aromatic rings. The van der Waals surface area contributed by atoms with E-state index < -0.39 is 11.7 Å². The Labute approximate surface area is 204 Å². The van der Waals surface area contributed by atoms with E-state index >= 15 is 0 Å². The number of carbonyl (C=O) groups is 2. The molecule has 1 aliphatic rings. The number of pyridine rings is 1. The Balaban J connectivity index is 1.99. The van der Waals surface area contributed by atoms with Crippen LogP contribution in [-0.2, 0) is 4.79 Å². The standard InChI is InChI=1S/C21H18Cl3N5O4/c1-26-21(32)29(27-12(9-25)11-30)14-6-16(22)19(17(23)7-14)33-15-8-18(24)20(31)28(10-15)13-4-2-3-5-13/h6-8,10-11,13H,2-5H2,1H3,(H,26,32)/b27-12-. The quantitative estimate of drug-likeness (QED) is 0.335. The van der Waals surface area contributed by atoms with E-state index in [1.165, 1.54) is 25.2 Å². The number of nitrogens with one attached hydrogen (secondary N) is 1. The Hall–Kier alpha value is -3.06. The van der Waals surface area contributed by atoms with Crippen LogP contribution in [0.5, 0.6) is 11.5 Å². The smallest absolute Gasteiger partial charge is 0.342 e. The largest absolute Gasteiger partial charge is 0.453 e. The molecule has 0 radical (unpaired) electrons. The van der Waals surface area contributed by atoms with Crippen LogP contribution in [0.2, 0.25) is 15.1 Å². The van der Waals surface area contributed by atoms with Crippen LogP contribution in [0.3, 0.4) is 0 Å². The van der Waals surface area contributed by atoms with Crippen molar-refractivity contribution < 1.29 is 14.3 Å². The number of ether oxygens (including phenoxy) is 1. The van der Waals surface area contributed by atoms with Crippen molar-refractivity contribution in [1.82, 2.24) is 9.88 Å². The molecule has 1 heterocycles. The molecule has 1 N–H and O–H groups in total. The van der Waals surface area contributed by atoms with Gasteiger partial charge in [0.25, 0.3) is 5.56 Å². The summed E-state index contributed by atoms with van der Waals surface area (Å²) in [6, 6.07) is 4.91. The molecular formula is C21H18Cl3N5O4. The average Bonchev–Trinajstić information content (AvgIpc) is 3.33. The Bertz CT molecular complexity index is 1190. The van der Waals surface area contributed by atoms with Crippen LogP contribution in [-0.4, -0.2) is 29.6 Å². The van der Waals surface area contributed by atoms with E-state index in [2.05, 4.69) is 10.4 Å². The van der Waals surface area contributed by atoms with Crippen LogP contribution in [0.4, 0.5) is 10.5 Å². The number of aromatic nitrogens is 1. The number of nitriles is 1. The van der Waals surface area contributed by atoms with Gasteiger partial charge in [-0.25, -0.2) is 4.79 Å². The number of carbonyl (C=O) groups excluding carboxylic acids is 2. The second-order valence-electron chi connectivity index (χ2n) is 7.10. The first-order chi connectivity index (χ1) is 15.8. The van der Waals surface area contributed by atoms with Crippen molar-refractivity contribution in [2.45, 2.75) is 31.7 Å². The summed E-state index contributed by atoms with van der Waals surface area (Å²) >= 11 is 18.9. The summed E-state index contributed by atoms with van der Waals surface area (Å²) in [5, 5.41) is 15.8. The van der Waals surface area contributed by atoms with Gasteiger partial charge in [0.2, 0.25) is 5.71 Å². The number of benzene rings is 1. The van der Waals surface area contributed by atoms with Crippen LogP contribution in [0, 0.1) is 11.3 Å². The van der Waals surface area contributed by atoms with Crippen molar-refractivity contribution in [3.8, 4) is 17.6 Å². The summed E-state index contributed by atoms with van der Waals surface area (Å²) in [7, 11) is 1.35. The second-order valence-corrected chi connectivity index (χ2v) is 8.32. The predicted octanol–water partition coefficient (Wildman–Crippen LogP) is 4.94. The highest BCUT2D eigenvalue weighted by Crippen LogP contribution is 2.40. The zero-order valence-electron chi connectivity index (χ0n) is 17.3. The summed E-state index contributed by atoms with van der Waals surface area (Å²) < 4.78 is 7.41. The molecule has 0 unspecified atom stereocenters. The summed E-state index contributed by atoms with van der Waals surface area (Å²) in [4.78, 5) is 35.7. The van der Waals surface area contributed by atoms with Gasteiger partial charge in [-0.15, -0.1) is 5.10 Å². The zero-order valence-corrected chi connectivity index (χ0v) is 19.6. The topological polar surface area (TPSA) is 117 Å². The molecule has 0 atom stereocenters. The number of aldehydes is 1. The first-order valence-electron chi connectivity index (χ1n) is 9.83. The molecule has 0 saturated heterocycles. The molecule has 9 nitrogen and oxygen atoms in total. The van der Waals surface area contributed by atoms with Crippen molar-refractivity contribution in [3.05, 3.63) is 49.8 Å². The molecule has 172 valence electrons. The fraction of sp³-hybridized carbons (Fsp3) is 0.286. The highest BCUT2D eigenvalue weighted by atomic mass is 35.5. The van der Waals surface area contributed by atoms with Gasteiger partial charge in [0.05, 0.1) is 21.9 Å². The lowest BCUT2D eigenvalue weighted by Gasteiger charge is -2.19. The van der Waals surface area contributed by atoms with E-state index in [0.29, 0.717) is 0 Å². The molecule has 1 saturated carbocycles. The van der Waals surface area contributed by atoms with Crippen molar-refractivity contribution in [2.24, 2.45) is 5.10 Å². The van der Waals surface area contributed by atoms with Gasteiger partial charge in [-0.2, -0.15) is 10.3 Å². The van der Waals surface area contributed by atoms with Crippen molar-refractivity contribution in [3.63, 3.8) is 0 Å². The molecular weight excluding hydrogens is 493 g/mol. The first kappa shape index (κ1) is 24.6. The highest BCUT2D eigenvalue weighted by molar-refractivity contribution is 6.38. The normalized spacial score (nSPS) is 14.0. The molecule has 0 aliphatic heterocycles. The van der Waals surface area contributed by atoms with Crippen molar-refractivity contribution in [2.75, 3.05) is 12.1 Å². The lowest BCUT2D eigenvalue weighted by atomic mass is 10.2. The third-order valence-electron chi connectivity index (χ3n) is 4.98. The van der Waals surface area contributed by atoms with Crippen LogP contribution in [0.25, 0.3) is 0 Å². The fourth-order valence-corrected chi connectivity index (χ4v) is 4.20. The van der Waals surface area contributed by atoms with Gasteiger partial charge >= 0.3 is 6.03 Å². The van der Waals surface area contributed by atoms with E-state index in [4.69, 9.17) is 44.8 Å². The van der Waals surface area contributed by atoms with Gasteiger partial charge in [-0.3, -0.25) is 9.59 Å². The number of hydrazone groups is 1. The monoisotopic (exact) mass is 509 g/mol. The third-order valence-corrected chi connectivity index (χ3v) is 5.81. The lowest BCUT2D eigenvalue weighted by molar-refractivity contribution is -0.102. The van der Waals surface area contributed by atoms with Crippen LogP contribution < -0.4 is 20.6 Å². The second kappa shape index (κ2) is 10.7. The molecule has 2 amide bonds. The molecule has 1 aromatic heterocycles. The van der Waals surface area contributed by atoms with E-state index in [1.54, 1.807) is 16.8 Å². The molecule has 0 bridgehead atoms. The molecule has 1 aromatic carbocycles. The maximum absolute atomic E-state index is 12.5. The van der Waals surface area contributed by atoms with Crippen molar-refractivity contribution in [1.29, 1.82) is 5.26 Å². The zero-order chi connectivity index (χ0) is 24.1. The van der Waals surface area contributed by atoms with Gasteiger partial charge in [0, 0.05) is 19.2 Å². The minimum Gasteiger partial charge on any atom is -0.453 e. The maximum Gasteiger partial charge on any atom is 0.342 e. The number of urea groups is 1. The van der Waals surface area contributed by atoms with Gasteiger partial charge in [0.1, 0.15) is 16.8 Å². The number of hydrogen-bond donors (Lipinski definition) is 1. The van der Waals surface area contributed by atoms with E-state index in [9.17, 15) is 14.4 Å². The molecule has 3 rings (SSSR count). The van der Waals surface area contributed by atoms with Gasteiger partial charge in [-0.05, 0) is 25.0 Å². The van der Waals surface area contributed by atoms with Crippen LogP contribution in [0.1, 0.15) is 31.7 Å². The summed E-state index contributed by atoms with van der Waals surface area (Å²) in [6.07, 6.45) is 5.57. The van der Waals surface area contributed by atoms with Gasteiger partial charge < -0.3 is 14.6 Å². The minimum atomic E-state index is -0.735. The first-order valence-corrected chi connectivity index (χ1v) is 11.0.